The molecule has 0 unspecified atom stereocenters. The number of nitro benzene ring substituents is 1. The summed E-state index contributed by atoms with van der Waals surface area (Å²) in [6, 6.07) is 11.4. The third-order valence-corrected chi connectivity index (χ3v) is 7.73. The van der Waals surface area contributed by atoms with Gasteiger partial charge in [0, 0.05) is 17.0 Å². The molecule has 14 nitrogen and oxygen atoms in total. The van der Waals surface area contributed by atoms with E-state index in [0.29, 0.717) is 40.2 Å². The number of rotatable bonds is 10. The molecule has 1 amide bonds. The molecule has 0 fully saturated rings. The molecule has 4 aromatic rings. The number of nitrogens with zero attached hydrogens (tertiary/aromatic N) is 3. The number of sulfonamides is 1. The van der Waals surface area contributed by atoms with Gasteiger partial charge in [-0.1, -0.05) is 29.3 Å². The number of carboxylic acids is 1. The highest BCUT2D eigenvalue weighted by Crippen LogP contribution is 2.37. The number of aromatic carboxylic acids is 1. The number of benzene rings is 3. The number of nitrogens with one attached hydrogen (secondary N) is 1. The summed E-state index contributed by atoms with van der Waals surface area (Å²) in [6.45, 7) is 0. The van der Waals surface area contributed by atoms with Crippen LogP contribution in [0.5, 0.6) is 23.3 Å². The number of carbonyl (C=O) groups excluding carboxylic acids is 1. The summed E-state index contributed by atoms with van der Waals surface area (Å²) < 4.78 is 77.3. The van der Waals surface area contributed by atoms with E-state index in [4.69, 9.17) is 37.4 Å². The Bertz CT molecular complexity index is 2000. The molecule has 0 saturated carbocycles. The number of carbonyl (C=O) groups is 2. The first kappa shape index (κ1) is 38.6. The average molecular weight is 766 g/mol. The Kier molecular flexibility index (Phi) is 12.6. The van der Waals surface area contributed by atoms with E-state index in [1.807, 2.05) is 0 Å². The standard InChI is InChI=1S/C15H10ClF3N2O6S.C13H11ClN2O4S/c1-28(25,26)20-14(22)10-7-9(3-4-12(10)21(23)24)27-13-5-2-8(6-11(13)16)15(17,18)19;1-19-9-6-10(20-2)16-13(15-9)21-8-5-3-4-7(14)11(8)12(17)18/h2-7H,1H3,(H,20,22);3-6H,1-2H3,(H,17,18). The maximum Gasteiger partial charge on any atom is 0.416 e. The van der Waals surface area contributed by atoms with Crippen molar-refractivity contribution in [2.45, 2.75) is 16.2 Å². The predicted octanol–water partition coefficient (Wildman–Crippen LogP) is 6.75. The molecule has 4 rings (SSSR count). The molecule has 21 heteroatoms. The number of aromatic nitrogens is 2. The fraction of sp³-hybridized carbons (Fsp3) is 0.143. The molecular formula is C28H21Cl2F3N4O10S2. The van der Waals surface area contributed by atoms with E-state index in [-0.39, 0.29) is 22.1 Å². The van der Waals surface area contributed by atoms with E-state index in [1.165, 1.54) is 26.4 Å². The van der Waals surface area contributed by atoms with Gasteiger partial charge in [0.1, 0.15) is 17.1 Å². The molecular weight excluding hydrogens is 744 g/mol. The first-order valence-corrected chi connectivity index (χ1v) is 16.3. The molecule has 0 atom stereocenters. The highest BCUT2D eigenvalue weighted by atomic mass is 35.5. The highest BCUT2D eigenvalue weighted by Gasteiger charge is 2.31. The number of hydrogen-bond donors (Lipinski definition) is 2. The van der Waals surface area contributed by atoms with Crippen molar-refractivity contribution < 1.29 is 55.4 Å². The second-order valence-electron chi connectivity index (χ2n) is 9.14. The van der Waals surface area contributed by atoms with Gasteiger partial charge in [0.15, 0.2) is 5.16 Å². The van der Waals surface area contributed by atoms with Gasteiger partial charge in [0.05, 0.1) is 52.6 Å². The zero-order chi connectivity index (χ0) is 36.7. The quantitative estimate of drug-likeness (QED) is 0.0978. The number of ether oxygens (including phenoxy) is 3. The van der Waals surface area contributed by atoms with E-state index in [1.54, 1.807) is 16.9 Å². The Morgan fingerprint density at radius 3 is 2.12 bits per heavy atom. The Hall–Kier alpha value is -4.85. The predicted molar refractivity (Wildman–Crippen MR) is 170 cm³/mol. The van der Waals surface area contributed by atoms with Crippen LogP contribution in [-0.2, 0) is 16.2 Å². The third-order valence-electron chi connectivity index (χ3n) is 5.64. The lowest BCUT2D eigenvalue weighted by Gasteiger charge is -2.12. The first-order valence-electron chi connectivity index (χ1n) is 12.8. The summed E-state index contributed by atoms with van der Waals surface area (Å²) in [5, 5.41) is 20.4. The van der Waals surface area contributed by atoms with Gasteiger partial charge < -0.3 is 19.3 Å². The molecule has 1 aromatic heterocycles. The van der Waals surface area contributed by atoms with Crippen LogP contribution in [0.2, 0.25) is 10.0 Å². The fourth-order valence-corrected chi connectivity index (χ4v) is 5.45. The summed E-state index contributed by atoms with van der Waals surface area (Å²) in [7, 11) is -1.06. The Morgan fingerprint density at radius 1 is 0.980 bits per heavy atom. The van der Waals surface area contributed by atoms with Gasteiger partial charge in [-0.3, -0.25) is 14.9 Å². The van der Waals surface area contributed by atoms with Crippen molar-refractivity contribution in [3.05, 3.63) is 97.5 Å². The lowest BCUT2D eigenvalue weighted by atomic mass is 10.1. The molecule has 1 heterocycles. The summed E-state index contributed by atoms with van der Waals surface area (Å²) in [4.78, 5) is 42.2. The van der Waals surface area contributed by atoms with Crippen LogP contribution >= 0.6 is 35.0 Å². The maximum absolute atomic E-state index is 12.7. The highest BCUT2D eigenvalue weighted by molar-refractivity contribution is 7.99. The monoisotopic (exact) mass is 764 g/mol. The lowest BCUT2D eigenvalue weighted by Crippen LogP contribution is -2.29. The average Bonchev–Trinajstić information content (AvgIpc) is 3.00. The molecule has 2 N–H and O–H groups in total. The molecule has 0 bridgehead atoms. The Labute approximate surface area is 289 Å². The van der Waals surface area contributed by atoms with Crippen LogP contribution in [0.1, 0.15) is 26.3 Å². The zero-order valence-electron chi connectivity index (χ0n) is 24.9. The van der Waals surface area contributed by atoms with Gasteiger partial charge >= 0.3 is 12.1 Å². The van der Waals surface area contributed by atoms with Crippen molar-refractivity contribution in [2.24, 2.45) is 0 Å². The summed E-state index contributed by atoms with van der Waals surface area (Å²) in [5.74, 6) is -2.15. The number of nitro groups is 1. The molecule has 0 saturated heterocycles. The smallest absolute Gasteiger partial charge is 0.416 e. The van der Waals surface area contributed by atoms with E-state index in [9.17, 15) is 46.4 Å². The molecule has 49 heavy (non-hydrogen) atoms. The van der Waals surface area contributed by atoms with Crippen molar-refractivity contribution >= 4 is 62.6 Å². The second kappa shape index (κ2) is 16.0. The van der Waals surface area contributed by atoms with Crippen LogP contribution in [0.15, 0.2) is 70.7 Å². The van der Waals surface area contributed by atoms with E-state index >= 15 is 0 Å². The van der Waals surface area contributed by atoms with Gasteiger partial charge in [-0.25, -0.2) is 17.9 Å². The van der Waals surface area contributed by atoms with Crippen LogP contribution in [-0.4, -0.2) is 60.8 Å². The maximum atomic E-state index is 12.7. The van der Waals surface area contributed by atoms with Crippen molar-refractivity contribution in [1.29, 1.82) is 0 Å². The number of halogens is 5. The van der Waals surface area contributed by atoms with Gasteiger partial charge in [0.25, 0.3) is 11.6 Å². The van der Waals surface area contributed by atoms with E-state index in [2.05, 4.69) is 9.97 Å². The second-order valence-corrected chi connectivity index (χ2v) is 12.7. The number of hydrogen-bond acceptors (Lipinski definition) is 12. The fourth-order valence-electron chi connectivity index (χ4n) is 3.56. The number of alkyl halides is 3. The Morgan fingerprint density at radius 2 is 1.61 bits per heavy atom. The molecule has 260 valence electrons. The van der Waals surface area contributed by atoms with Crippen LogP contribution in [0, 0.1) is 10.1 Å². The Balaban J connectivity index is 0.000000276. The summed E-state index contributed by atoms with van der Waals surface area (Å²) in [5.41, 5.74) is -2.33. The van der Waals surface area contributed by atoms with Crippen LogP contribution in [0.4, 0.5) is 18.9 Å². The summed E-state index contributed by atoms with van der Waals surface area (Å²) in [6.07, 6.45) is -3.94. The van der Waals surface area contributed by atoms with Crippen LogP contribution in [0.3, 0.4) is 0 Å². The minimum atomic E-state index is -4.62. The van der Waals surface area contributed by atoms with Gasteiger partial charge in [0.2, 0.25) is 21.8 Å². The molecule has 3 aromatic carbocycles. The van der Waals surface area contributed by atoms with Gasteiger partial charge in [-0.05, 0) is 48.2 Å². The third kappa shape index (κ3) is 10.8. The van der Waals surface area contributed by atoms with Crippen molar-refractivity contribution in [2.75, 3.05) is 20.5 Å². The minimum absolute atomic E-state index is 0.00885. The largest absolute Gasteiger partial charge is 0.481 e. The van der Waals surface area contributed by atoms with Crippen LogP contribution < -0.4 is 18.9 Å². The SMILES string of the molecule is COc1cc(OC)nc(Sc2cccc(Cl)c2C(=O)O)n1.CS(=O)(=O)NC(=O)c1cc(Oc2ccc(C(F)(F)F)cc2Cl)ccc1[N+](=O)[O-]. The topological polar surface area (TPSA) is 197 Å². The number of amides is 1. The number of carboxylic acid groups (broad SMARTS) is 1. The normalized spacial score (nSPS) is 11.1. The molecule has 0 aliphatic rings. The van der Waals surface area contributed by atoms with Crippen LogP contribution in [0.25, 0.3) is 0 Å². The lowest BCUT2D eigenvalue weighted by molar-refractivity contribution is -0.385. The van der Waals surface area contributed by atoms with E-state index in [0.717, 1.165) is 36.0 Å². The molecule has 0 spiro atoms. The molecule has 0 aliphatic heterocycles. The minimum Gasteiger partial charge on any atom is -0.481 e. The van der Waals surface area contributed by atoms with Crippen molar-refractivity contribution in [3.63, 3.8) is 0 Å². The number of methoxy groups -OCH3 is 2. The summed E-state index contributed by atoms with van der Waals surface area (Å²) >= 11 is 12.8. The zero-order valence-corrected chi connectivity index (χ0v) is 28.1. The molecule has 0 radical (unpaired) electrons. The van der Waals surface area contributed by atoms with Crippen molar-refractivity contribution in [1.82, 2.24) is 14.7 Å². The van der Waals surface area contributed by atoms with Gasteiger partial charge in [-0.15, -0.1) is 0 Å². The van der Waals surface area contributed by atoms with E-state index < -0.39 is 54.8 Å². The van der Waals surface area contributed by atoms with Gasteiger partial charge in [-0.2, -0.15) is 23.1 Å². The van der Waals surface area contributed by atoms with Crippen molar-refractivity contribution in [3.8, 4) is 23.3 Å². The first-order chi connectivity index (χ1) is 22.8. The molecule has 0 aliphatic carbocycles.